The number of carbonyl (C=O) groups excluding carboxylic acids is 1. The molecule has 1 aromatic heterocycles. The van der Waals surface area contributed by atoms with E-state index in [0.29, 0.717) is 18.0 Å². The quantitative estimate of drug-likeness (QED) is 0.613. The minimum atomic E-state index is -0.612. The number of para-hydroxylation sites is 2. The third kappa shape index (κ3) is 4.44. The van der Waals surface area contributed by atoms with Gasteiger partial charge in [-0.3, -0.25) is 9.69 Å². The summed E-state index contributed by atoms with van der Waals surface area (Å²) < 4.78 is 17.8. The summed E-state index contributed by atoms with van der Waals surface area (Å²) in [5.74, 6) is 2.02. The van der Waals surface area contributed by atoms with Crippen molar-refractivity contribution in [3.63, 3.8) is 0 Å². The first-order chi connectivity index (χ1) is 15.7. The molecule has 5 rings (SSSR count). The van der Waals surface area contributed by atoms with Crippen molar-refractivity contribution < 1.29 is 19.0 Å². The van der Waals surface area contributed by atoms with Crippen LogP contribution in [-0.2, 0) is 4.79 Å². The van der Waals surface area contributed by atoms with Crippen molar-refractivity contribution in [2.24, 2.45) is 0 Å². The third-order valence-electron chi connectivity index (χ3n) is 5.76. The molecule has 1 saturated heterocycles. The molecule has 1 fully saturated rings. The Morgan fingerprint density at radius 1 is 1.19 bits per heavy atom. The van der Waals surface area contributed by atoms with Crippen molar-refractivity contribution in [2.45, 2.75) is 6.10 Å². The van der Waals surface area contributed by atoms with Crippen LogP contribution in [0.25, 0.3) is 10.2 Å². The molecule has 0 bridgehead atoms. The highest BCUT2D eigenvalue weighted by Crippen LogP contribution is 2.32. The Kier molecular flexibility index (Phi) is 6.00. The van der Waals surface area contributed by atoms with E-state index in [9.17, 15) is 4.79 Å². The van der Waals surface area contributed by atoms with Crippen LogP contribution >= 0.6 is 11.3 Å². The van der Waals surface area contributed by atoms with Gasteiger partial charge in [0.1, 0.15) is 12.4 Å². The Labute approximate surface area is 190 Å². The summed E-state index contributed by atoms with van der Waals surface area (Å²) in [5, 5.41) is 4.03. The maximum Gasteiger partial charge on any atom is 0.264 e. The highest BCUT2D eigenvalue weighted by Gasteiger charge is 2.27. The summed E-state index contributed by atoms with van der Waals surface area (Å²) in [6.45, 7) is 5.33. The second-order valence-corrected chi connectivity index (χ2v) is 8.82. The molecule has 1 atom stereocenters. The first-order valence-electron chi connectivity index (χ1n) is 10.8. The summed E-state index contributed by atoms with van der Waals surface area (Å²) in [6, 6.07) is 13.4. The fraction of sp³-hybridized carbons (Fsp3) is 0.391. The first kappa shape index (κ1) is 20.8. The number of ether oxygens (including phenoxy) is 3. The van der Waals surface area contributed by atoms with Gasteiger partial charge in [-0.05, 0) is 30.3 Å². The van der Waals surface area contributed by atoms with Crippen molar-refractivity contribution >= 4 is 32.6 Å². The van der Waals surface area contributed by atoms with Crippen LogP contribution in [0.4, 0.5) is 5.13 Å². The zero-order valence-electron chi connectivity index (χ0n) is 18.0. The SMILES string of the molecule is COc1ccc2nc(N3CCN(CCNC(=O)C4COc5ccccc5O4)CC3)sc2c1. The molecule has 0 spiro atoms. The number of aromatic nitrogens is 1. The number of amides is 1. The zero-order valence-corrected chi connectivity index (χ0v) is 18.8. The number of benzene rings is 2. The van der Waals surface area contributed by atoms with Crippen molar-refractivity contribution in [2.75, 3.05) is 57.9 Å². The maximum atomic E-state index is 12.5. The molecule has 2 aliphatic heterocycles. The maximum absolute atomic E-state index is 12.5. The first-order valence-corrected chi connectivity index (χ1v) is 11.6. The zero-order chi connectivity index (χ0) is 21.9. The van der Waals surface area contributed by atoms with E-state index >= 15 is 0 Å². The van der Waals surface area contributed by atoms with Crippen LogP contribution in [0.15, 0.2) is 42.5 Å². The number of hydrogen-bond donors (Lipinski definition) is 1. The monoisotopic (exact) mass is 454 g/mol. The number of thiazole rings is 1. The largest absolute Gasteiger partial charge is 0.497 e. The standard InChI is InChI=1S/C23H26N4O4S/c1-29-16-6-7-17-21(14-16)32-23(25-17)27-12-10-26(11-13-27)9-8-24-22(28)20-15-30-18-4-2-3-5-19(18)31-20/h2-7,14,20H,8-13,15H2,1H3,(H,24,28). The molecule has 32 heavy (non-hydrogen) atoms. The molecule has 2 aliphatic rings. The molecule has 9 heteroatoms. The van der Waals surface area contributed by atoms with Gasteiger partial charge in [0.2, 0.25) is 6.10 Å². The van der Waals surface area contributed by atoms with Gasteiger partial charge in [-0.2, -0.15) is 0 Å². The van der Waals surface area contributed by atoms with Gasteiger partial charge in [0, 0.05) is 39.3 Å². The van der Waals surface area contributed by atoms with Gasteiger partial charge in [0.05, 0.1) is 17.3 Å². The smallest absolute Gasteiger partial charge is 0.264 e. The molecule has 0 saturated carbocycles. The molecule has 1 amide bonds. The number of nitrogens with zero attached hydrogens (tertiary/aromatic N) is 3. The van der Waals surface area contributed by atoms with Crippen molar-refractivity contribution in [3.8, 4) is 17.2 Å². The van der Waals surface area contributed by atoms with Gasteiger partial charge in [-0.1, -0.05) is 23.5 Å². The molecule has 3 heterocycles. The fourth-order valence-electron chi connectivity index (χ4n) is 3.92. The lowest BCUT2D eigenvalue weighted by atomic mass is 10.2. The lowest BCUT2D eigenvalue weighted by Gasteiger charge is -2.34. The number of anilines is 1. The Bertz CT molecular complexity index is 1100. The Hall–Kier alpha value is -3.04. The van der Waals surface area contributed by atoms with Gasteiger partial charge in [-0.25, -0.2) is 4.98 Å². The topological polar surface area (TPSA) is 76.2 Å². The Morgan fingerprint density at radius 2 is 2.00 bits per heavy atom. The summed E-state index contributed by atoms with van der Waals surface area (Å²) >= 11 is 1.70. The number of rotatable bonds is 6. The van der Waals surface area contributed by atoms with Gasteiger partial charge >= 0.3 is 0 Å². The summed E-state index contributed by atoms with van der Waals surface area (Å²) in [6.07, 6.45) is -0.612. The minimum Gasteiger partial charge on any atom is -0.497 e. The second kappa shape index (κ2) is 9.22. The Morgan fingerprint density at radius 3 is 2.81 bits per heavy atom. The van der Waals surface area contributed by atoms with E-state index in [0.717, 1.165) is 53.8 Å². The van der Waals surface area contributed by atoms with Crippen LogP contribution in [0.3, 0.4) is 0 Å². The minimum absolute atomic E-state index is 0.136. The number of piperazine rings is 1. The predicted octanol–water partition coefficient (Wildman–Crippen LogP) is 2.38. The Balaban J connectivity index is 1.07. The molecule has 0 radical (unpaired) electrons. The van der Waals surface area contributed by atoms with Gasteiger partial charge in [0.15, 0.2) is 16.6 Å². The lowest BCUT2D eigenvalue weighted by Crippen LogP contribution is -2.50. The lowest BCUT2D eigenvalue weighted by molar-refractivity contribution is -0.130. The van der Waals surface area contributed by atoms with E-state index in [2.05, 4.69) is 15.1 Å². The second-order valence-electron chi connectivity index (χ2n) is 7.81. The van der Waals surface area contributed by atoms with Gasteiger partial charge in [-0.15, -0.1) is 0 Å². The van der Waals surface area contributed by atoms with E-state index in [1.54, 1.807) is 18.4 Å². The fourth-order valence-corrected chi connectivity index (χ4v) is 4.96. The number of hydrogen-bond acceptors (Lipinski definition) is 8. The molecular weight excluding hydrogens is 428 g/mol. The normalized spacial score (nSPS) is 18.5. The number of methoxy groups -OCH3 is 1. The predicted molar refractivity (Wildman–Crippen MR) is 124 cm³/mol. The molecule has 1 unspecified atom stereocenters. The molecule has 3 aromatic rings. The van der Waals surface area contributed by atoms with Crippen LogP contribution in [-0.4, -0.2) is 74.9 Å². The van der Waals surface area contributed by atoms with E-state index in [1.165, 1.54) is 0 Å². The number of carbonyl (C=O) groups is 1. The number of fused-ring (bicyclic) bond motifs is 2. The van der Waals surface area contributed by atoms with Gasteiger partial charge < -0.3 is 24.4 Å². The van der Waals surface area contributed by atoms with Crippen LogP contribution in [0.2, 0.25) is 0 Å². The van der Waals surface area contributed by atoms with Crippen LogP contribution in [0, 0.1) is 0 Å². The molecule has 8 nitrogen and oxygen atoms in total. The number of nitrogens with one attached hydrogen (secondary N) is 1. The van der Waals surface area contributed by atoms with E-state index in [1.807, 2.05) is 42.5 Å². The van der Waals surface area contributed by atoms with Crippen LogP contribution in [0.1, 0.15) is 0 Å². The average Bonchev–Trinajstić information content (AvgIpc) is 3.27. The van der Waals surface area contributed by atoms with Crippen molar-refractivity contribution in [1.82, 2.24) is 15.2 Å². The molecule has 2 aromatic carbocycles. The van der Waals surface area contributed by atoms with E-state index in [-0.39, 0.29) is 12.5 Å². The van der Waals surface area contributed by atoms with Crippen molar-refractivity contribution in [1.29, 1.82) is 0 Å². The van der Waals surface area contributed by atoms with E-state index < -0.39 is 6.10 Å². The van der Waals surface area contributed by atoms with E-state index in [4.69, 9.17) is 19.2 Å². The van der Waals surface area contributed by atoms with Gasteiger partial charge in [0.25, 0.3) is 5.91 Å². The highest BCUT2D eigenvalue weighted by molar-refractivity contribution is 7.22. The highest BCUT2D eigenvalue weighted by atomic mass is 32.1. The van der Waals surface area contributed by atoms with Crippen molar-refractivity contribution in [3.05, 3.63) is 42.5 Å². The van der Waals surface area contributed by atoms with Crippen LogP contribution in [0.5, 0.6) is 17.2 Å². The summed E-state index contributed by atoms with van der Waals surface area (Å²) in [4.78, 5) is 21.9. The summed E-state index contributed by atoms with van der Waals surface area (Å²) in [5.41, 5.74) is 1.01. The summed E-state index contributed by atoms with van der Waals surface area (Å²) in [7, 11) is 1.68. The molecule has 0 aliphatic carbocycles. The third-order valence-corrected chi connectivity index (χ3v) is 6.83. The van der Waals surface area contributed by atoms with Crippen LogP contribution < -0.4 is 24.4 Å². The molecular formula is C23H26N4O4S. The molecule has 1 N–H and O–H groups in total. The average molecular weight is 455 g/mol. The molecule has 168 valence electrons.